The molecule has 0 aliphatic carbocycles. The van der Waals surface area contributed by atoms with Gasteiger partial charge < -0.3 is 14.4 Å². The number of pyridine rings is 1. The molecular weight excluding hydrogens is 360 g/mol. The van der Waals surface area contributed by atoms with Crippen LogP contribution in [0.5, 0.6) is 5.75 Å². The minimum Gasteiger partial charge on any atom is -0.490 e. The van der Waals surface area contributed by atoms with Crippen molar-refractivity contribution in [2.24, 2.45) is 0 Å². The second-order valence-corrected chi connectivity index (χ2v) is 8.88. The molecule has 0 N–H and O–H groups in total. The zero-order chi connectivity index (χ0) is 19.4. The Morgan fingerprint density at radius 2 is 1.96 bits per heavy atom. The van der Waals surface area contributed by atoms with Crippen LogP contribution in [0.4, 0.5) is 4.79 Å². The van der Waals surface area contributed by atoms with Crippen LogP contribution >= 0.6 is 0 Å². The molecule has 26 heavy (non-hydrogen) atoms. The molecule has 146 valence electrons. The minimum absolute atomic E-state index is 0.0280. The van der Waals surface area contributed by atoms with E-state index < -0.39 is 15.7 Å². The molecule has 0 saturated carbocycles. The number of likely N-dealkylation sites (tertiary alicyclic amines) is 1. The van der Waals surface area contributed by atoms with Crippen LogP contribution in [-0.4, -0.2) is 55.4 Å². The molecule has 1 aromatic rings. The Morgan fingerprint density at radius 3 is 2.54 bits per heavy atom. The summed E-state index contributed by atoms with van der Waals surface area (Å²) >= 11 is 0. The van der Waals surface area contributed by atoms with Gasteiger partial charge in [-0.1, -0.05) is 0 Å². The van der Waals surface area contributed by atoms with Gasteiger partial charge in [0.1, 0.15) is 24.1 Å². The molecule has 0 unspecified atom stereocenters. The van der Waals surface area contributed by atoms with E-state index in [-0.39, 0.29) is 18.8 Å². The quantitative estimate of drug-likeness (QED) is 0.717. The Morgan fingerprint density at radius 1 is 1.31 bits per heavy atom. The number of nitrogens with zero attached hydrogens (tertiary/aromatic N) is 2. The molecule has 1 aliphatic rings. The van der Waals surface area contributed by atoms with Gasteiger partial charge in [0, 0.05) is 38.2 Å². The van der Waals surface area contributed by atoms with Crippen LogP contribution < -0.4 is 4.74 Å². The van der Waals surface area contributed by atoms with Gasteiger partial charge in [-0.05, 0) is 26.8 Å². The highest BCUT2D eigenvalue weighted by Gasteiger charge is 2.27. The van der Waals surface area contributed by atoms with E-state index in [0.717, 1.165) is 6.26 Å². The van der Waals surface area contributed by atoms with Crippen LogP contribution in [0.2, 0.25) is 0 Å². The molecule has 9 heteroatoms. The number of aromatic nitrogens is 1. The predicted octanol–water partition coefficient (Wildman–Crippen LogP) is 2.34. The van der Waals surface area contributed by atoms with Gasteiger partial charge in [0.25, 0.3) is 10.1 Å². The van der Waals surface area contributed by atoms with Crippen molar-refractivity contribution in [3.05, 3.63) is 24.0 Å². The van der Waals surface area contributed by atoms with Gasteiger partial charge in [-0.3, -0.25) is 9.17 Å². The first-order chi connectivity index (χ1) is 12.0. The second kappa shape index (κ2) is 8.22. The lowest BCUT2D eigenvalue weighted by molar-refractivity contribution is 0.0126. The third-order valence-corrected chi connectivity index (χ3v) is 4.15. The molecule has 0 atom stereocenters. The van der Waals surface area contributed by atoms with Crippen LogP contribution in [0.15, 0.2) is 18.3 Å². The van der Waals surface area contributed by atoms with E-state index in [9.17, 15) is 13.2 Å². The van der Waals surface area contributed by atoms with E-state index >= 15 is 0 Å². The minimum atomic E-state index is -3.52. The smallest absolute Gasteiger partial charge is 0.410 e. The van der Waals surface area contributed by atoms with Crippen molar-refractivity contribution in [3.63, 3.8) is 0 Å². The van der Waals surface area contributed by atoms with Crippen LogP contribution in [0.3, 0.4) is 0 Å². The van der Waals surface area contributed by atoms with Gasteiger partial charge in [-0.25, -0.2) is 4.79 Å². The van der Waals surface area contributed by atoms with Gasteiger partial charge in [0.2, 0.25) is 0 Å². The van der Waals surface area contributed by atoms with Crippen LogP contribution in [0.1, 0.15) is 39.3 Å². The molecule has 1 aliphatic heterocycles. The lowest BCUT2D eigenvalue weighted by Crippen LogP contribution is -2.44. The summed E-state index contributed by atoms with van der Waals surface area (Å²) in [6, 6.07) is 3.37. The summed E-state index contributed by atoms with van der Waals surface area (Å²) in [5.74, 6) is 0.600. The van der Waals surface area contributed by atoms with Gasteiger partial charge >= 0.3 is 6.09 Å². The molecule has 1 saturated heterocycles. The standard InChI is InChI=1S/C17H26N2O6S/c1-17(2,3)25-16(20)19-9-6-14(7-10-19)24-15-5-8-18-13(11-15)12-23-26(4,21)22/h5,8,11,14H,6-7,9-10,12H2,1-4H3. The first kappa shape index (κ1) is 20.4. The Balaban J connectivity index is 1.85. The molecule has 2 rings (SSSR count). The maximum atomic E-state index is 12.1. The Labute approximate surface area is 154 Å². The number of rotatable bonds is 5. The van der Waals surface area contributed by atoms with Gasteiger partial charge in [0.05, 0.1) is 11.9 Å². The molecule has 0 bridgehead atoms. The number of ether oxygens (including phenoxy) is 2. The number of hydrogen-bond acceptors (Lipinski definition) is 7. The van der Waals surface area contributed by atoms with E-state index in [2.05, 4.69) is 4.98 Å². The molecule has 1 amide bonds. The molecule has 1 fully saturated rings. The zero-order valence-electron chi connectivity index (χ0n) is 15.6. The monoisotopic (exact) mass is 386 g/mol. The topological polar surface area (TPSA) is 95.0 Å². The average Bonchev–Trinajstić information content (AvgIpc) is 2.52. The maximum absolute atomic E-state index is 12.1. The average molecular weight is 386 g/mol. The van der Waals surface area contributed by atoms with Crippen LogP contribution in [-0.2, 0) is 25.6 Å². The van der Waals surface area contributed by atoms with Crippen molar-refractivity contribution in [3.8, 4) is 5.75 Å². The first-order valence-corrected chi connectivity index (χ1v) is 10.3. The summed E-state index contributed by atoms with van der Waals surface area (Å²) in [6.45, 7) is 6.52. The van der Waals surface area contributed by atoms with Crippen molar-refractivity contribution in [1.82, 2.24) is 9.88 Å². The van der Waals surface area contributed by atoms with Crippen LogP contribution in [0, 0.1) is 0 Å². The molecule has 0 radical (unpaired) electrons. The Hall–Kier alpha value is -1.87. The van der Waals surface area contributed by atoms with E-state index in [1.165, 1.54) is 0 Å². The second-order valence-electron chi connectivity index (χ2n) is 7.23. The molecule has 2 heterocycles. The highest BCUT2D eigenvalue weighted by molar-refractivity contribution is 7.85. The number of carbonyl (C=O) groups is 1. The zero-order valence-corrected chi connectivity index (χ0v) is 16.4. The summed E-state index contributed by atoms with van der Waals surface area (Å²) in [6.07, 6.45) is 3.59. The Bertz CT molecular complexity index is 721. The molecule has 1 aromatic heterocycles. The molecule has 8 nitrogen and oxygen atoms in total. The summed E-state index contributed by atoms with van der Waals surface area (Å²) in [5.41, 5.74) is -0.0366. The molecular formula is C17H26N2O6S. The lowest BCUT2D eigenvalue weighted by Gasteiger charge is -2.33. The molecule has 0 spiro atoms. The summed E-state index contributed by atoms with van der Waals surface area (Å²) < 4.78 is 38.2. The van der Waals surface area contributed by atoms with Crippen molar-refractivity contribution in [1.29, 1.82) is 0 Å². The fourth-order valence-corrected chi connectivity index (χ4v) is 2.79. The van der Waals surface area contributed by atoms with E-state index in [1.54, 1.807) is 23.2 Å². The third-order valence-electron chi connectivity index (χ3n) is 3.61. The predicted molar refractivity (Wildman–Crippen MR) is 95.3 cm³/mol. The maximum Gasteiger partial charge on any atom is 0.410 e. The van der Waals surface area contributed by atoms with Gasteiger partial charge in [-0.2, -0.15) is 8.42 Å². The fraction of sp³-hybridized carbons (Fsp3) is 0.647. The van der Waals surface area contributed by atoms with E-state index in [1.807, 2.05) is 20.8 Å². The van der Waals surface area contributed by atoms with E-state index in [0.29, 0.717) is 37.4 Å². The number of hydrogen-bond donors (Lipinski definition) is 0. The van der Waals surface area contributed by atoms with Gasteiger partial charge in [-0.15, -0.1) is 0 Å². The first-order valence-electron chi connectivity index (χ1n) is 8.46. The summed E-state index contributed by atoms with van der Waals surface area (Å²) in [5, 5.41) is 0. The summed E-state index contributed by atoms with van der Waals surface area (Å²) in [4.78, 5) is 17.8. The Kier molecular flexibility index (Phi) is 6.46. The van der Waals surface area contributed by atoms with Crippen LogP contribution in [0.25, 0.3) is 0 Å². The fourth-order valence-electron chi connectivity index (χ4n) is 2.45. The van der Waals surface area contributed by atoms with Crippen molar-refractivity contribution < 1.29 is 26.9 Å². The lowest BCUT2D eigenvalue weighted by atomic mass is 10.1. The number of piperidine rings is 1. The highest BCUT2D eigenvalue weighted by Crippen LogP contribution is 2.21. The number of amides is 1. The normalized spacial score (nSPS) is 16.4. The third kappa shape index (κ3) is 7.17. The van der Waals surface area contributed by atoms with Crippen molar-refractivity contribution >= 4 is 16.2 Å². The highest BCUT2D eigenvalue weighted by atomic mass is 32.2. The van der Waals surface area contributed by atoms with E-state index in [4.69, 9.17) is 13.7 Å². The SMILES string of the molecule is CC(C)(C)OC(=O)N1CCC(Oc2ccnc(COS(C)(=O)=O)c2)CC1. The number of carbonyl (C=O) groups excluding carboxylic acids is 1. The van der Waals surface area contributed by atoms with Gasteiger partial charge in [0.15, 0.2) is 0 Å². The van der Waals surface area contributed by atoms with Crippen molar-refractivity contribution in [2.45, 2.75) is 51.9 Å². The van der Waals surface area contributed by atoms with Crippen molar-refractivity contribution in [2.75, 3.05) is 19.3 Å². The largest absolute Gasteiger partial charge is 0.490 e. The molecule has 0 aromatic carbocycles. The summed E-state index contributed by atoms with van der Waals surface area (Å²) in [7, 11) is -3.52.